The van der Waals surface area contributed by atoms with E-state index in [1.165, 1.54) is 4.90 Å². The maximum Gasteiger partial charge on any atom is 0.416 e. The van der Waals surface area contributed by atoms with Gasteiger partial charge in [0.2, 0.25) is 0 Å². The molecule has 1 heterocycles. The summed E-state index contributed by atoms with van der Waals surface area (Å²) in [6, 6.07) is 0.367. The quantitative estimate of drug-likeness (QED) is 0.533. The first kappa shape index (κ1) is 22.2. The molecule has 0 radical (unpaired) electrons. The number of hydrogen-bond donors (Lipinski definition) is 0. The number of halogens is 3. The standard InChI is InChI=1S/C16H18F3N3O7/c1-15(2,3)29-14(23)20-5-4-10(8-20)28-13-11(21(24)25)6-9(16(17,18)19)7-12(13)22(26)27/h6-7,10H,4-5,8H2,1-3H3. The zero-order valence-corrected chi connectivity index (χ0v) is 15.7. The Morgan fingerprint density at radius 3 is 2.07 bits per heavy atom. The average molecular weight is 421 g/mol. The van der Waals surface area contributed by atoms with Crippen molar-refractivity contribution in [1.29, 1.82) is 0 Å². The number of likely N-dealkylation sites (tertiary alicyclic amines) is 1. The maximum absolute atomic E-state index is 12.9. The summed E-state index contributed by atoms with van der Waals surface area (Å²) in [6.07, 6.45) is -6.42. The van der Waals surface area contributed by atoms with Gasteiger partial charge in [-0.05, 0) is 20.8 Å². The number of rotatable bonds is 4. The summed E-state index contributed by atoms with van der Waals surface area (Å²) in [6.45, 7) is 5.03. The molecule has 0 aliphatic carbocycles. The maximum atomic E-state index is 12.9. The molecule has 1 aromatic carbocycles. The Bertz CT molecular complexity index is 801. The van der Waals surface area contributed by atoms with Crippen molar-refractivity contribution in [3.63, 3.8) is 0 Å². The number of nitro benzene ring substituents is 2. The minimum Gasteiger partial charge on any atom is -0.477 e. The fourth-order valence-corrected chi connectivity index (χ4v) is 2.64. The van der Waals surface area contributed by atoms with Gasteiger partial charge in [0.15, 0.2) is 0 Å². The largest absolute Gasteiger partial charge is 0.477 e. The molecule has 1 saturated heterocycles. The molecular weight excluding hydrogens is 403 g/mol. The van der Waals surface area contributed by atoms with Crippen molar-refractivity contribution in [2.75, 3.05) is 13.1 Å². The molecule has 1 unspecified atom stereocenters. The molecule has 2 rings (SSSR count). The van der Waals surface area contributed by atoms with Crippen LogP contribution in [0.4, 0.5) is 29.3 Å². The molecule has 1 amide bonds. The molecule has 1 atom stereocenters. The van der Waals surface area contributed by atoms with Crippen molar-refractivity contribution in [3.8, 4) is 5.75 Å². The van der Waals surface area contributed by atoms with E-state index in [4.69, 9.17) is 9.47 Å². The molecule has 0 N–H and O–H groups in total. The number of alkyl halides is 3. The Kier molecular flexibility index (Phi) is 5.90. The lowest BCUT2D eigenvalue weighted by Gasteiger charge is -2.24. The fourth-order valence-electron chi connectivity index (χ4n) is 2.64. The molecule has 1 aromatic rings. The average Bonchev–Trinajstić information content (AvgIpc) is 3.00. The van der Waals surface area contributed by atoms with Gasteiger partial charge in [-0.2, -0.15) is 13.2 Å². The van der Waals surface area contributed by atoms with Crippen molar-refractivity contribution >= 4 is 17.5 Å². The van der Waals surface area contributed by atoms with E-state index in [1.807, 2.05) is 0 Å². The van der Waals surface area contributed by atoms with Crippen LogP contribution >= 0.6 is 0 Å². The molecule has 13 heteroatoms. The van der Waals surface area contributed by atoms with Crippen LogP contribution in [0.2, 0.25) is 0 Å². The Hall–Kier alpha value is -3.12. The number of carbonyl (C=O) groups is 1. The molecule has 0 aromatic heterocycles. The molecule has 0 spiro atoms. The number of nitrogens with zero attached hydrogens (tertiary/aromatic N) is 3. The van der Waals surface area contributed by atoms with Gasteiger partial charge in [-0.1, -0.05) is 0 Å². The minimum absolute atomic E-state index is 0.0930. The van der Waals surface area contributed by atoms with E-state index in [0.717, 1.165) is 0 Å². The topological polar surface area (TPSA) is 125 Å². The van der Waals surface area contributed by atoms with E-state index in [2.05, 4.69) is 0 Å². The Morgan fingerprint density at radius 1 is 1.14 bits per heavy atom. The van der Waals surface area contributed by atoms with Crippen molar-refractivity contribution in [1.82, 2.24) is 4.90 Å². The third-order valence-corrected chi connectivity index (χ3v) is 3.85. The van der Waals surface area contributed by atoms with Crippen LogP contribution in [-0.4, -0.2) is 45.6 Å². The summed E-state index contributed by atoms with van der Waals surface area (Å²) in [4.78, 5) is 33.4. The van der Waals surface area contributed by atoms with E-state index in [1.54, 1.807) is 20.8 Å². The summed E-state index contributed by atoms with van der Waals surface area (Å²) in [5, 5.41) is 22.5. The van der Waals surface area contributed by atoms with Crippen molar-refractivity contribution in [2.45, 2.75) is 45.1 Å². The van der Waals surface area contributed by atoms with Crippen LogP contribution in [0.3, 0.4) is 0 Å². The van der Waals surface area contributed by atoms with Gasteiger partial charge in [-0.15, -0.1) is 0 Å². The first-order valence-electron chi connectivity index (χ1n) is 8.37. The molecule has 1 fully saturated rings. The smallest absolute Gasteiger partial charge is 0.416 e. The van der Waals surface area contributed by atoms with Gasteiger partial charge in [-0.25, -0.2) is 4.79 Å². The summed E-state index contributed by atoms with van der Waals surface area (Å²) in [5.74, 6) is -0.885. The summed E-state index contributed by atoms with van der Waals surface area (Å²) in [5.41, 5.74) is -4.66. The lowest BCUT2D eigenvalue weighted by molar-refractivity contribution is -0.396. The van der Waals surface area contributed by atoms with Crippen LogP contribution in [0.1, 0.15) is 32.8 Å². The van der Waals surface area contributed by atoms with E-state index in [-0.39, 0.29) is 31.6 Å². The van der Waals surface area contributed by atoms with Crippen molar-refractivity contribution in [2.24, 2.45) is 0 Å². The lowest BCUT2D eigenvalue weighted by Crippen LogP contribution is -2.36. The van der Waals surface area contributed by atoms with Gasteiger partial charge in [0.25, 0.3) is 5.75 Å². The monoisotopic (exact) mass is 421 g/mol. The first-order chi connectivity index (χ1) is 13.2. The number of carbonyl (C=O) groups excluding carboxylic acids is 1. The van der Waals surface area contributed by atoms with Crippen LogP contribution in [0.15, 0.2) is 12.1 Å². The zero-order chi connectivity index (χ0) is 22.1. The SMILES string of the molecule is CC(C)(C)OC(=O)N1CCC(Oc2c([N+](=O)[O-])cc(C(F)(F)F)cc2[N+](=O)[O-])C1. The Balaban J connectivity index is 2.32. The molecular formula is C16H18F3N3O7. The fraction of sp³-hybridized carbons (Fsp3) is 0.562. The zero-order valence-electron chi connectivity index (χ0n) is 15.7. The highest BCUT2D eigenvalue weighted by atomic mass is 19.4. The van der Waals surface area contributed by atoms with Gasteiger partial charge >= 0.3 is 23.6 Å². The molecule has 160 valence electrons. The number of hydrogen-bond acceptors (Lipinski definition) is 7. The van der Waals surface area contributed by atoms with Crippen molar-refractivity contribution < 1.29 is 37.3 Å². The number of amides is 1. The van der Waals surface area contributed by atoms with Gasteiger partial charge in [0, 0.05) is 25.1 Å². The Morgan fingerprint density at radius 2 is 1.66 bits per heavy atom. The van der Waals surface area contributed by atoms with Crippen LogP contribution in [0.25, 0.3) is 0 Å². The summed E-state index contributed by atoms with van der Waals surface area (Å²) in [7, 11) is 0. The van der Waals surface area contributed by atoms with E-state index in [0.29, 0.717) is 0 Å². The highest BCUT2D eigenvalue weighted by Gasteiger charge is 2.40. The Labute approximate surface area is 162 Å². The van der Waals surface area contributed by atoms with Crippen LogP contribution in [0, 0.1) is 20.2 Å². The predicted octanol–water partition coefficient (Wildman–Crippen LogP) is 3.91. The molecule has 29 heavy (non-hydrogen) atoms. The number of benzene rings is 1. The second kappa shape index (κ2) is 7.72. The normalized spacial score (nSPS) is 17.2. The number of ether oxygens (including phenoxy) is 2. The third-order valence-electron chi connectivity index (χ3n) is 3.85. The minimum atomic E-state index is -5.02. The molecule has 1 aliphatic rings. The lowest BCUT2D eigenvalue weighted by atomic mass is 10.1. The van der Waals surface area contributed by atoms with Gasteiger partial charge < -0.3 is 14.4 Å². The highest BCUT2D eigenvalue weighted by Crippen LogP contribution is 2.43. The van der Waals surface area contributed by atoms with E-state index >= 15 is 0 Å². The molecule has 10 nitrogen and oxygen atoms in total. The molecule has 1 aliphatic heterocycles. The molecule has 0 bridgehead atoms. The van der Waals surface area contributed by atoms with Gasteiger partial charge in [0.05, 0.1) is 22.0 Å². The third kappa shape index (κ3) is 5.45. The van der Waals surface area contributed by atoms with Gasteiger partial charge in [-0.3, -0.25) is 20.2 Å². The molecule has 0 saturated carbocycles. The first-order valence-corrected chi connectivity index (χ1v) is 8.37. The van der Waals surface area contributed by atoms with Crippen LogP contribution in [0.5, 0.6) is 5.75 Å². The second-order valence-electron chi connectivity index (χ2n) is 7.31. The van der Waals surface area contributed by atoms with Crippen molar-refractivity contribution in [3.05, 3.63) is 37.9 Å². The summed E-state index contributed by atoms with van der Waals surface area (Å²) < 4.78 is 49.4. The van der Waals surface area contributed by atoms with Crippen LogP contribution in [-0.2, 0) is 10.9 Å². The summed E-state index contributed by atoms with van der Waals surface area (Å²) >= 11 is 0. The van der Waals surface area contributed by atoms with E-state index < -0.39 is 56.5 Å². The second-order valence-corrected chi connectivity index (χ2v) is 7.31. The van der Waals surface area contributed by atoms with Gasteiger partial charge in [0.1, 0.15) is 11.7 Å². The predicted molar refractivity (Wildman–Crippen MR) is 91.6 cm³/mol. The van der Waals surface area contributed by atoms with E-state index in [9.17, 15) is 38.2 Å². The number of nitro groups is 2. The highest BCUT2D eigenvalue weighted by molar-refractivity contribution is 5.68. The van der Waals surface area contributed by atoms with Crippen LogP contribution < -0.4 is 4.74 Å².